The first-order valence-corrected chi connectivity index (χ1v) is 10.8. The number of benzene rings is 1. The van der Waals surface area contributed by atoms with E-state index in [1.54, 1.807) is 24.5 Å². The zero-order valence-electron chi connectivity index (χ0n) is 16.4. The molecule has 1 aromatic carbocycles. The maximum Gasteiger partial charge on any atom is 0.253 e. The minimum absolute atomic E-state index is 0.111. The SMILES string of the molecule is CC(NC(=O)c1cc(S(=O)(=O)N(C)C)ccc1N1CCCC1)c1cccnc1. The molecule has 1 N–H and O–H groups in total. The molecule has 150 valence electrons. The predicted octanol–water partition coefficient (Wildman–Crippen LogP) is 2.42. The van der Waals surface area contributed by atoms with Crippen LogP contribution in [0.1, 0.15) is 41.7 Å². The topological polar surface area (TPSA) is 82.6 Å². The van der Waals surface area contributed by atoms with Gasteiger partial charge in [0, 0.05) is 45.3 Å². The molecule has 1 aliphatic heterocycles. The molecule has 2 aromatic rings. The molecule has 1 aromatic heterocycles. The molecule has 0 radical (unpaired) electrons. The highest BCUT2D eigenvalue weighted by Gasteiger charge is 2.25. The summed E-state index contributed by atoms with van der Waals surface area (Å²) in [5.41, 5.74) is 2.03. The van der Waals surface area contributed by atoms with E-state index in [2.05, 4.69) is 15.2 Å². The summed E-state index contributed by atoms with van der Waals surface area (Å²) < 4.78 is 26.3. The van der Waals surface area contributed by atoms with Crippen LogP contribution in [-0.2, 0) is 10.0 Å². The van der Waals surface area contributed by atoms with Crippen LogP contribution in [0.5, 0.6) is 0 Å². The van der Waals surface area contributed by atoms with Gasteiger partial charge in [-0.15, -0.1) is 0 Å². The van der Waals surface area contributed by atoms with E-state index in [-0.39, 0.29) is 16.8 Å². The highest BCUT2D eigenvalue weighted by atomic mass is 32.2. The number of hydrogen-bond acceptors (Lipinski definition) is 5. The lowest BCUT2D eigenvalue weighted by atomic mass is 10.1. The van der Waals surface area contributed by atoms with E-state index in [9.17, 15) is 13.2 Å². The standard InChI is InChI=1S/C20H26N4O3S/c1-15(16-7-6-10-21-14-16)22-20(25)18-13-17(28(26,27)23(2)3)8-9-19(18)24-11-4-5-12-24/h6-10,13-15H,4-5,11-12H2,1-3H3,(H,22,25). The quantitative estimate of drug-likeness (QED) is 0.802. The Kier molecular flexibility index (Phi) is 6.00. The number of carbonyl (C=O) groups excluding carboxylic acids is 1. The van der Waals surface area contributed by atoms with Crippen LogP contribution in [0.4, 0.5) is 5.69 Å². The molecule has 1 aliphatic rings. The van der Waals surface area contributed by atoms with E-state index >= 15 is 0 Å². The number of pyridine rings is 1. The zero-order chi connectivity index (χ0) is 20.3. The van der Waals surface area contributed by atoms with Crippen molar-refractivity contribution < 1.29 is 13.2 Å². The van der Waals surface area contributed by atoms with E-state index in [0.717, 1.165) is 41.5 Å². The lowest BCUT2D eigenvalue weighted by molar-refractivity contribution is 0.0940. The molecule has 0 spiro atoms. The van der Waals surface area contributed by atoms with Gasteiger partial charge in [0.1, 0.15) is 0 Å². The smallest absolute Gasteiger partial charge is 0.253 e. The summed E-state index contributed by atoms with van der Waals surface area (Å²) >= 11 is 0. The van der Waals surface area contributed by atoms with Gasteiger partial charge in [0.05, 0.1) is 16.5 Å². The van der Waals surface area contributed by atoms with E-state index in [0.29, 0.717) is 5.56 Å². The van der Waals surface area contributed by atoms with Crippen molar-refractivity contribution in [2.45, 2.75) is 30.7 Å². The van der Waals surface area contributed by atoms with Crippen LogP contribution in [0.25, 0.3) is 0 Å². The van der Waals surface area contributed by atoms with Crippen molar-refractivity contribution in [3.63, 3.8) is 0 Å². The Morgan fingerprint density at radius 1 is 1.21 bits per heavy atom. The molecule has 0 bridgehead atoms. The van der Waals surface area contributed by atoms with Crippen molar-refractivity contribution in [2.24, 2.45) is 0 Å². The van der Waals surface area contributed by atoms with Gasteiger partial charge in [-0.2, -0.15) is 0 Å². The van der Waals surface area contributed by atoms with Gasteiger partial charge in [0.2, 0.25) is 10.0 Å². The third kappa shape index (κ3) is 4.18. The van der Waals surface area contributed by atoms with Crippen molar-refractivity contribution in [1.29, 1.82) is 0 Å². The van der Waals surface area contributed by atoms with Crippen LogP contribution in [0.15, 0.2) is 47.6 Å². The molecule has 28 heavy (non-hydrogen) atoms. The van der Waals surface area contributed by atoms with Gasteiger partial charge in [-0.3, -0.25) is 9.78 Å². The van der Waals surface area contributed by atoms with Gasteiger partial charge in [0.25, 0.3) is 5.91 Å². The number of sulfonamides is 1. The monoisotopic (exact) mass is 402 g/mol. The molecule has 7 nitrogen and oxygen atoms in total. The van der Waals surface area contributed by atoms with Crippen molar-refractivity contribution in [2.75, 3.05) is 32.1 Å². The summed E-state index contributed by atoms with van der Waals surface area (Å²) in [6.45, 7) is 3.60. The van der Waals surface area contributed by atoms with Gasteiger partial charge < -0.3 is 10.2 Å². The van der Waals surface area contributed by atoms with Gasteiger partial charge in [-0.05, 0) is 49.6 Å². The average molecular weight is 403 g/mol. The van der Waals surface area contributed by atoms with Crippen molar-refractivity contribution in [1.82, 2.24) is 14.6 Å². The molecular weight excluding hydrogens is 376 g/mol. The normalized spacial score (nSPS) is 15.6. The van der Waals surface area contributed by atoms with Crippen LogP contribution in [-0.4, -0.2) is 50.8 Å². The first-order valence-electron chi connectivity index (χ1n) is 9.33. The molecule has 1 amide bonds. The minimum atomic E-state index is -3.63. The van der Waals surface area contributed by atoms with Gasteiger partial charge in [-0.25, -0.2) is 12.7 Å². The lowest BCUT2D eigenvalue weighted by Crippen LogP contribution is -2.30. The first kappa shape index (κ1) is 20.3. The van der Waals surface area contributed by atoms with Crippen LogP contribution in [0.2, 0.25) is 0 Å². The minimum Gasteiger partial charge on any atom is -0.371 e. The molecule has 2 heterocycles. The first-order chi connectivity index (χ1) is 13.3. The van der Waals surface area contributed by atoms with Crippen molar-refractivity contribution >= 4 is 21.6 Å². The summed E-state index contributed by atoms with van der Waals surface area (Å²) in [4.78, 5) is 19.4. The second kappa shape index (κ2) is 8.28. The number of hydrogen-bond donors (Lipinski definition) is 1. The molecule has 1 atom stereocenters. The van der Waals surface area contributed by atoms with Crippen LogP contribution >= 0.6 is 0 Å². The number of anilines is 1. The molecular formula is C20H26N4O3S. The molecule has 1 unspecified atom stereocenters. The number of amides is 1. The van der Waals surface area contributed by atoms with Crippen LogP contribution < -0.4 is 10.2 Å². The summed E-state index contributed by atoms with van der Waals surface area (Å²) in [7, 11) is -0.669. The third-order valence-electron chi connectivity index (χ3n) is 4.97. The number of rotatable bonds is 6. The largest absolute Gasteiger partial charge is 0.371 e. The highest BCUT2D eigenvalue weighted by molar-refractivity contribution is 7.89. The fourth-order valence-electron chi connectivity index (χ4n) is 3.29. The van der Waals surface area contributed by atoms with E-state index < -0.39 is 10.0 Å². The Bertz CT molecular complexity index is 939. The molecule has 1 saturated heterocycles. The summed E-state index contributed by atoms with van der Waals surface area (Å²) in [6.07, 6.45) is 5.51. The number of nitrogens with zero attached hydrogens (tertiary/aromatic N) is 3. The number of aromatic nitrogens is 1. The highest BCUT2D eigenvalue weighted by Crippen LogP contribution is 2.28. The Balaban J connectivity index is 1.96. The van der Waals surface area contributed by atoms with E-state index in [4.69, 9.17) is 0 Å². The van der Waals surface area contributed by atoms with Gasteiger partial charge >= 0.3 is 0 Å². The van der Waals surface area contributed by atoms with Crippen molar-refractivity contribution in [3.05, 3.63) is 53.9 Å². The van der Waals surface area contributed by atoms with Crippen molar-refractivity contribution in [3.8, 4) is 0 Å². The molecule has 3 rings (SSSR count). The number of carbonyl (C=O) groups is 1. The molecule has 8 heteroatoms. The second-order valence-electron chi connectivity index (χ2n) is 7.14. The summed E-state index contributed by atoms with van der Waals surface area (Å²) in [5, 5.41) is 2.97. The fraction of sp³-hybridized carbons (Fsp3) is 0.400. The maximum atomic E-state index is 13.1. The van der Waals surface area contributed by atoms with Crippen LogP contribution in [0.3, 0.4) is 0 Å². The fourth-order valence-corrected chi connectivity index (χ4v) is 4.22. The Hall–Kier alpha value is -2.45. The maximum absolute atomic E-state index is 13.1. The second-order valence-corrected chi connectivity index (χ2v) is 9.29. The van der Waals surface area contributed by atoms with E-state index in [1.807, 2.05) is 19.1 Å². The van der Waals surface area contributed by atoms with Crippen LogP contribution in [0, 0.1) is 0 Å². The van der Waals surface area contributed by atoms with Gasteiger partial charge in [0.15, 0.2) is 0 Å². The zero-order valence-corrected chi connectivity index (χ0v) is 17.2. The summed E-state index contributed by atoms with van der Waals surface area (Å²) in [6, 6.07) is 8.26. The molecule has 0 saturated carbocycles. The average Bonchev–Trinajstić information content (AvgIpc) is 3.22. The Morgan fingerprint density at radius 3 is 2.54 bits per heavy atom. The summed E-state index contributed by atoms with van der Waals surface area (Å²) in [5.74, 6) is -0.297. The lowest BCUT2D eigenvalue weighted by Gasteiger charge is -2.23. The molecule has 1 fully saturated rings. The Labute approximate surface area is 166 Å². The Morgan fingerprint density at radius 2 is 1.93 bits per heavy atom. The predicted molar refractivity (Wildman–Crippen MR) is 109 cm³/mol. The van der Waals surface area contributed by atoms with E-state index in [1.165, 1.54) is 20.2 Å². The number of nitrogens with one attached hydrogen (secondary N) is 1. The van der Waals surface area contributed by atoms with Gasteiger partial charge in [-0.1, -0.05) is 6.07 Å². The third-order valence-corrected chi connectivity index (χ3v) is 6.78. The molecule has 0 aliphatic carbocycles.